The highest BCUT2D eigenvalue weighted by Gasteiger charge is 2.37. The van der Waals surface area contributed by atoms with E-state index in [-0.39, 0.29) is 5.41 Å². The Balaban J connectivity index is 1.12. The summed E-state index contributed by atoms with van der Waals surface area (Å²) in [6, 6.07) is 61.3. The lowest BCUT2D eigenvalue weighted by molar-refractivity contribution is 0.266. The number of hydrogen-bond donors (Lipinski definition) is 0. The summed E-state index contributed by atoms with van der Waals surface area (Å²) in [5, 5.41) is 2.49. The van der Waals surface area contributed by atoms with Gasteiger partial charge in [-0.25, -0.2) is 0 Å². The quantitative estimate of drug-likeness (QED) is 0.166. The first-order chi connectivity index (χ1) is 26.9. The average molecular weight is 716 g/mol. The Hall–Kier alpha value is -5.40. The smallest absolute Gasteiger partial charge is 0.0468 e. The lowest BCUT2D eigenvalue weighted by atomic mass is 9.63. The number of fused-ring (bicyclic) bond motifs is 5. The molecule has 0 radical (unpaired) electrons. The highest BCUT2D eigenvalue weighted by molar-refractivity contribution is 5.89. The lowest BCUT2D eigenvalue weighted by Crippen LogP contribution is -2.29. The molecule has 2 unspecified atom stereocenters. The van der Waals surface area contributed by atoms with Crippen molar-refractivity contribution >= 4 is 27.8 Å². The van der Waals surface area contributed by atoms with Gasteiger partial charge in [0.25, 0.3) is 0 Å². The van der Waals surface area contributed by atoms with Crippen LogP contribution in [0.2, 0.25) is 0 Å². The Morgan fingerprint density at radius 3 is 1.69 bits per heavy atom. The maximum Gasteiger partial charge on any atom is 0.0468 e. The van der Waals surface area contributed by atoms with Crippen LogP contribution < -0.4 is 4.90 Å². The van der Waals surface area contributed by atoms with Crippen LogP contribution in [0.4, 0.5) is 17.1 Å². The summed E-state index contributed by atoms with van der Waals surface area (Å²) >= 11 is 0. The van der Waals surface area contributed by atoms with Gasteiger partial charge in [0.2, 0.25) is 0 Å². The highest BCUT2D eigenvalue weighted by atomic mass is 15.1. The molecule has 274 valence electrons. The number of nitrogens with zero attached hydrogens (tertiary/aromatic N) is 1. The second kappa shape index (κ2) is 14.7. The van der Waals surface area contributed by atoms with E-state index < -0.39 is 0 Å². The van der Waals surface area contributed by atoms with Gasteiger partial charge in [0.1, 0.15) is 0 Å². The van der Waals surface area contributed by atoms with Crippen molar-refractivity contribution in [2.45, 2.75) is 77.0 Å². The fourth-order valence-corrected chi connectivity index (χ4v) is 10.2. The standard InChI is InChI=1S/C54H53N/c1-5-38-33-45-31-37(2)32-46(34-38)51-36-44(24-30-53(51)54(3,4)52-18-12-11-17-50(45)52)42-21-27-48(28-22-42)55(49-29-23-40-15-9-10-16-43(40)35-49)47-25-19-41(20-26-47)39-13-7-6-8-14-39/h6-30,35-38,45-46H,5,31-34H2,1-4H3/t37-,38+,45?,46?/m1/s1. The van der Waals surface area contributed by atoms with Gasteiger partial charge >= 0.3 is 0 Å². The van der Waals surface area contributed by atoms with Crippen molar-refractivity contribution in [2.75, 3.05) is 4.90 Å². The van der Waals surface area contributed by atoms with Gasteiger partial charge in [0, 0.05) is 22.5 Å². The Morgan fingerprint density at radius 1 is 0.473 bits per heavy atom. The van der Waals surface area contributed by atoms with E-state index in [9.17, 15) is 0 Å². The molecule has 1 saturated carbocycles. The zero-order chi connectivity index (χ0) is 37.5. The molecule has 1 heteroatoms. The third kappa shape index (κ3) is 6.80. The van der Waals surface area contributed by atoms with Crippen molar-refractivity contribution in [3.05, 3.63) is 186 Å². The molecule has 7 aromatic carbocycles. The topological polar surface area (TPSA) is 3.24 Å². The molecule has 7 aromatic rings. The Morgan fingerprint density at radius 2 is 1.00 bits per heavy atom. The average Bonchev–Trinajstić information content (AvgIpc) is 3.22. The second-order valence-electron chi connectivity index (χ2n) is 17.1. The summed E-state index contributed by atoms with van der Waals surface area (Å²) in [4.78, 5) is 2.39. The van der Waals surface area contributed by atoms with Crippen molar-refractivity contribution in [2.24, 2.45) is 11.8 Å². The van der Waals surface area contributed by atoms with Gasteiger partial charge < -0.3 is 4.90 Å². The molecule has 0 aromatic heterocycles. The molecule has 0 N–H and O–H groups in total. The van der Waals surface area contributed by atoms with Crippen LogP contribution in [-0.4, -0.2) is 0 Å². The van der Waals surface area contributed by atoms with E-state index in [1.165, 1.54) is 76.3 Å². The van der Waals surface area contributed by atoms with Crippen LogP contribution in [-0.2, 0) is 5.41 Å². The highest BCUT2D eigenvalue weighted by Crippen LogP contribution is 2.51. The van der Waals surface area contributed by atoms with Crippen LogP contribution in [0, 0.1) is 11.8 Å². The van der Waals surface area contributed by atoms with Crippen LogP contribution in [0.15, 0.2) is 164 Å². The number of anilines is 3. The van der Waals surface area contributed by atoms with Gasteiger partial charge in [0.15, 0.2) is 0 Å². The first-order valence-electron chi connectivity index (χ1n) is 20.6. The third-order valence-corrected chi connectivity index (χ3v) is 13.1. The minimum atomic E-state index is -0.0686. The van der Waals surface area contributed by atoms with E-state index in [2.05, 4.69) is 196 Å². The van der Waals surface area contributed by atoms with Crippen molar-refractivity contribution in [1.82, 2.24) is 0 Å². The molecule has 0 saturated heterocycles. The first-order valence-corrected chi connectivity index (χ1v) is 20.6. The largest absolute Gasteiger partial charge is 0.310 e. The van der Waals surface area contributed by atoms with E-state index in [1.807, 2.05) is 0 Å². The number of rotatable bonds is 6. The summed E-state index contributed by atoms with van der Waals surface area (Å²) in [5.41, 5.74) is 14.6. The molecule has 0 aliphatic heterocycles. The summed E-state index contributed by atoms with van der Waals surface area (Å²) < 4.78 is 0. The van der Waals surface area contributed by atoms with Gasteiger partial charge in [-0.1, -0.05) is 162 Å². The normalized spacial score (nSPS) is 20.3. The second-order valence-corrected chi connectivity index (χ2v) is 17.1. The van der Waals surface area contributed by atoms with E-state index in [0.717, 1.165) is 23.0 Å². The van der Waals surface area contributed by atoms with E-state index >= 15 is 0 Å². The maximum absolute atomic E-state index is 2.59. The number of benzene rings is 7. The predicted molar refractivity (Wildman–Crippen MR) is 235 cm³/mol. The molecule has 0 heterocycles. The SMILES string of the molecule is CC[C@H]1CC2C[C@@H](C)CC(C1)c1cc(-c3ccc(N(c4ccc(-c5ccccc5)cc4)c4ccc5ccccc5c4)cc3)ccc1C(C)(C)c1ccccc12. The molecule has 4 atom stereocenters. The molecule has 3 aliphatic rings. The van der Waals surface area contributed by atoms with E-state index in [1.54, 1.807) is 11.1 Å². The fourth-order valence-electron chi connectivity index (χ4n) is 10.2. The fraction of sp³-hybridized carbons (Fsp3) is 0.259. The molecular weight excluding hydrogens is 663 g/mol. The predicted octanol–water partition coefficient (Wildman–Crippen LogP) is 15.4. The van der Waals surface area contributed by atoms with E-state index in [0.29, 0.717) is 17.8 Å². The minimum Gasteiger partial charge on any atom is -0.310 e. The number of hydrogen-bond acceptors (Lipinski definition) is 1. The molecular formula is C54H53N. The van der Waals surface area contributed by atoms with Gasteiger partial charge in [-0.3, -0.25) is 0 Å². The van der Waals surface area contributed by atoms with Gasteiger partial charge in [0.05, 0.1) is 0 Å². The maximum atomic E-state index is 2.59. The summed E-state index contributed by atoms with van der Waals surface area (Å²) in [6.07, 6.45) is 6.41. The Bertz CT molecular complexity index is 2420. The van der Waals surface area contributed by atoms with Gasteiger partial charge in [-0.05, 0) is 141 Å². The molecule has 0 amide bonds. The molecule has 1 nitrogen and oxygen atoms in total. The van der Waals surface area contributed by atoms with E-state index in [4.69, 9.17) is 0 Å². The van der Waals surface area contributed by atoms with Crippen LogP contribution in [0.1, 0.15) is 93.9 Å². The van der Waals surface area contributed by atoms with Crippen LogP contribution >= 0.6 is 0 Å². The van der Waals surface area contributed by atoms with Crippen molar-refractivity contribution in [3.8, 4) is 22.3 Å². The summed E-state index contributed by atoms with van der Waals surface area (Å²) in [6.45, 7) is 9.89. The molecule has 55 heavy (non-hydrogen) atoms. The molecule has 3 aliphatic carbocycles. The van der Waals surface area contributed by atoms with Crippen LogP contribution in [0.3, 0.4) is 0 Å². The zero-order valence-electron chi connectivity index (χ0n) is 32.9. The molecule has 0 spiro atoms. The van der Waals surface area contributed by atoms with Crippen LogP contribution in [0.5, 0.6) is 0 Å². The molecule has 2 bridgehead atoms. The van der Waals surface area contributed by atoms with Crippen molar-refractivity contribution in [1.29, 1.82) is 0 Å². The van der Waals surface area contributed by atoms with Gasteiger partial charge in [-0.2, -0.15) is 0 Å². The Labute approximate surface area is 328 Å². The third-order valence-electron chi connectivity index (χ3n) is 13.1. The van der Waals surface area contributed by atoms with Crippen molar-refractivity contribution < 1.29 is 0 Å². The minimum absolute atomic E-state index is 0.0686. The Kier molecular flexibility index (Phi) is 9.43. The van der Waals surface area contributed by atoms with Crippen LogP contribution in [0.25, 0.3) is 33.0 Å². The zero-order valence-corrected chi connectivity index (χ0v) is 32.9. The van der Waals surface area contributed by atoms with Gasteiger partial charge in [-0.15, -0.1) is 0 Å². The summed E-state index contributed by atoms with van der Waals surface area (Å²) in [7, 11) is 0. The first kappa shape index (κ1) is 35.3. The summed E-state index contributed by atoms with van der Waals surface area (Å²) in [5.74, 6) is 2.66. The monoisotopic (exact) mass is 715 g/mol. The lowest BCUT2D eigenvalue weighted by Gasteiger charge is -2.41. The molecule has 10 rings (SSSR count). The molecule has 1 fully saturated rings. The van der Waals surface area contributed by atoms with Crippen molar-refractivity contribution in [3.63, 3.8) is 0 Å².